The van der Waals surface area contributed by atoms with Crippen LogP contribution in [0.25, 0.3) is 0 Å². The Morgan fingerprint density at radius 2 is 2.00 bits per heavy atom. The van der Waals surface area contributed by atoms with Crippen LogP contribution in [0.15, 0.2) is 24.3 Å². The van der Waals surface area contributed by atoms with Crippen molar-refractivity contribution in [3.63, 3.8) is 0 Å². The van der Waals surface area contributed by atoms with Crippen LogP contribution >= 0.6 is 0 Å². The third-order valence-corrected chi connectivity index (χ3v) is 6.71. The Balaban J connectivity index is 1.70. The van der Waals surface area contributed by atoms with E-state index < -0.39 is 15.6 Å². The average Bonchev–Trinajstić information content (AvgIpc) is 2.86. The van der Waals surface area contributed by atoms with Crippen molar-refractivity contribution < 1.29 is 22.3 Å². The molecule has 0 radical (unpaired) electrons. The van der Waals surface area contributed by atoms with Gasteiger partial charge in [-0.15, -0.1) is 0 Å². The molecule has 2 aliphatic heterocycles. The summed E-state index contributed by atoms with van der Waals surface area (Å²) in [6.07, 6.45) is 0.800. The molecule has 3 atom stereocenters. The molecule has 3 rings (SSSR count). The Morgan fingerprint density at radius 1 is 1.29 bits per heavy atom. The zero-order valence-corrected chi connectivity index (χ0v) is 14.9. The van der Waals surface area contributed by atoms with Crippen LogP contribution in [-0.2, 0) is 25.9 Å². The number of nitrogens with zero attached hydrogens (tertiary/aromatic N) is 1. The summed E-state index contributed by atoms with van der Waals surface area (Å²) in [5.74, 6) is -0.308. The molecule has 2 heterocycles. The van der Waals surface area contributed by atoms with E-state index in [1.165, 1.54) is 16.4 Å². The molecule has 0 aliphatic carbocycles. The molecular weight excluding hydrogens is 333 g/mol. The maximum atomic E-state index is 12.9. The quantitative estimate of drug-likeness (QED) is 0.827. The monoisotopic (exact) mass is 357 g/mol. The fraction of sp³-hybridized carbons (Fsp3) is 0.647. The molecule has 2 saturated heterocycles. The summed E-state index contributed by atoms with van der Waals surface area (Å²) in [5, 5.41) is 0. The lowest BCUT2D eigenvalue weighted by molar-refractivity contribution is -0.153. The molecule has 3 unspecified atom stereocenters. The van der Waals surface area contributed by atoms with Gasteiger partial charge in [-0.05, 0) is 38.0 Å². The fourth-order valence-electron chi connectivity index (χ4n) is 3.49. The standard InChI is InChI=1S/C17H24FNO4S/c1-13-11-19(12-17(23-13)8-9-22-14(17)2)24(20,21)10-7-15-3-5-16(18)6-4-15/h3-6,13-14H,7-12H2,1-2H3. The first kappa shape index (κ1) is 17.8. The molecule has 1 spiro atoms. The van der Waals surface area contributed by atoms with E-state index in [0.29, 0.717) is 32.5 Å². The SMILES string of the molecule is CC1CN(S(=O)(=O)CCc2ccc(F)cc2)CC2(CCOC2C)O1. The van der Waals surface area contributed by atoms with Gasteiger partial charge in [-0.25, -0.2) is 12.8 Å². The van der Waals surface area contributed by atoms with Crippen LogP contribution < -0.4 is 0 Å². The van der Waals surface area contributed by atoms with Crippen LogP contribution in [0.3, 0.4) is 0 Å². The first-order valence-corrected chi connectivity index (χ1v) is 9.93. The number of hydrogen-bond donors (Lipinski definition) is 0. The first-order valence-electron chi connectivity index (χ1n) is 8.32. The van der Waals surface area contributed by atoms with Crippen molar-refractivity contribution in [3.05, 3.63) is 35.6 Å². The number of ether oxygens (including phenoxy) is 2. The highest BCUT2D eigenvalue weighted by atomic mass is 32.2. The smallest absolute Gasteiger partial charge is 0.214 e. The van der Waals surface area contributed by atoms with Crippen LogP contribution in [0.2, 0.25) is 0 Å². The summed E-state index contributed by atoms with van der Waals surface area (Å²) in [7, 11) is -3.41. The molecule has 0 aromatic heterocycles. The number of morpholine rings is 1. The zero-order valence-electron chi connectivity index (χ0n) is 14.1. The van der Waals surface area contributed by atoms with E-state index in [1.54, 1.807) is 12.1 Å². The Hall–Kier alpha value is -1.02. The molecule has 0 bridgehead atoms. The van der Waals surface area contributed by atoms with Gasteiger partial charge < -0.3 is 9.47 Å². The molecule has 0 amide bonds. The molecule has 134 valence electrons. The molecule has 0 saturated carbocycles. The van der Waals surface area contributed by atoms with E-state index in [4.69, 9.17) is 9.47 Å². The Labute approximate surface area is 142 Å². The molecule has 2 aliphatic rings. The minimum atomic E-state index is -3.41. The highest BCUT2D eigenvalue weighted by Gasteiger charge is 2.49. The highest BCUT2D eigenvalue weighted by Crippen LogP contribution is 2.36. The predicted molar refractivity (Wildman–Crippen MR) is 88.8 cm³/mol. The van der Waals surface area contributed by atoms with E-state index in [-0.39, 0.29) is 23.8 Å². The van der Waals surface area contributed by atoms with Crippen molar-refractivity contribution in [2.24, 2.45) is 0 Å². The third-order valence-electron chi connectivity index (χ3n) is 4.93. The lowest BCUT2D eigenvalue weighted by atomic mass is 9.94. The number of rotatable bonds is 4. The Bertz CT molecular complexity index is 678. The summed E-state index contributed by atoms with van der Waals surface area (Å²) in [6.45, 7) is 5.13. The summed E-state index contributed by atoms with van der Waals surface area (Å²) in [5.41, 5.74) is 0.272. The van der Waals surface area contributed by atoms with Crippen molar-refractivity contribution in [2.75, 3.05) is 25.4 Å². The lowest BCUT2D eigenvalue weighted by Gasteiger charge is -2.44. The Kier molecular flexibility index (Phi) is 4.97. The summed E-state index contributed by atoms with van der Waals surface area (Å²) in [6, 6.07) is 5.96. The number of benzene rings is 1. The molecular formula is C17H24FNO4S. The molecule has 0 N–H and O–H groups in total. The molecule has 7 heteroatoms. The molecule has 2 fully saturated rings. The lowest BCUT2D eigenvalue weighted by Crippen LogP contribution is -2.59. The zero-order chi connectivity index (χ0) is 17.4. The van der Waals surface area contributed by atoms with Gasteiger partial charge in [0.2, 0.25) is 10.0 Å². The van der Waals surface area contributed by atoms with E-state index in [9.17, 15) is 12.8 Å². The first-order chi connectivity index (χ1) is 11.3. The van der Waals surface area contributed by atoms with Gasteiger partial charge in [0.1, 0.15) is 11.4 Å². The average molecular weight is 357 g/mol. The van der Waals surface area contributed by atoms with Crippen LogP contribution in [0.5, 0.6) is 0 Å². The van der Waals surface area contributed by atoms with E-state index in [2.05, 4.69) is 0 Å². The van der Waals surface area contributed by atoms with Crippen molar-refractivity contribution in [2.45, 2.75) is 44.5 Å². The molecule has 1 aromatic carbocycles. The van der Waals surface area contributed by atoms with Crippen molar-refractivity contribution in [3.8, 4) is 0 Å². The van der Waals surface area contributed by atoms with E-state index >= 15 is 0 Å². The summed E-state index contributed by atoms with van der Waals surface area (Å²) < 4.78 is 51.7. The predicted octanol–water partition coefficient (Wildman–Crippen LogP) is 1.97. The van der Waals surface area contributed by atoms with Gasteiger partial charge in [-0.1, -0.05) is 12.1 Å². The molecule has 24 heavy (non-hydrogen) atoms. The summed E-state index contributed by atoms with van der Waals surface area (Å²) in [4.78, 5) is 0. The van der Waals surface area contributed by atoms with E-state index in [0.717, 1.165) is 5.56 Å². The normalized spacial score (nSPS) is 31.6. The van der Waals surface area contributed by atoms with Gasteiger partial charge >= 0.3 is 0 Å². The van der Waals surface area contributed by atoms with Gasteiger partial charge in [0, 0.05) is 26.1 Å². The van der Waals surface area contributed by atoms with Crippen LogP contribution in [0.1, 0.15) is 25.8 Å². The van der Waals surface area contributed by atoms with Crippen LogP contribution in [0.4, 0.5) is 4.39 Å². The van der Waals surface area contributed by atoms with Crippen molar-refractivity contribution in [1.29, 1.82) is 0 Å². The maximum absolute atomic E-state index is 12.9. The van der Waals surface area contributed by atoms with Crippen LogP contribution in [0, 0.1) is 5.82 Å². The molecule has 5 nitrogen and oxygen atoms in total. The number of aryl methyl sites for hydroxylation is 1. The second kappa shape index (κ2) is 6.71. The van der Waals surface area contributed by atoms with Gasteiger partial charge in [0.25, 0.3) is 0 Å². The maximum Gasteiger partial charge on any atom is 0.214 e. The number of sulfonamides is 1. The minimum Gasteiger partial charge on any atom is -0.375 e. The molecule has 1 aromatic rings. The Morgan fingerprint density at radius 3 is 2.62 bits per heavy atom. The second-order valence-electron chi connectivity index (χ2n) is 6.74. The number of hydrogen-bond acceptors (Lipinski definition) is 4. The highest BCUT2D eigenvalue weighted by molar-refractivity contribution is 7.89. The van der Waals surface area contributed by atoms with Crippen molar-refractivity contribution in [1.82, 2.24) is 4.31 Å². The minimum absolute atomic E-state index is 0.0106. The van der Waals surface area contributed by atoms with Gasteiger partial charge in [-0.2, -0.15) is 4.31 Å². The second-order valence-corrected chi connectivity index (χ2v) is 8.83. The van der Waals surface area contributed by atoms with Gasteiger partial charge in [0.15, 0.2) is 0 Å². The number of halogens is 1. The van der Waals surface area contributed by atoms with Gasteiger partial charge in [-0.3, -0.25) is 0 Å². The van der Waals surface area contributed by atoms with Crippen molar-refractivity contribution >= 4 is 10.0 Å². The van der Waals surface area contributed by atoms with E-state index in [1.807, 2.05) is 13.8 Å². The largest absolute Gasteiger partial charge is 0.375 e. The topological polar surface area (TPSA) is 55.8 Å². The van der Waals surface area contributed by atoms with Crippen LogP contribution in [-0.4, -0.2) is 56.0 Å². The fourth-order valence-corrected chi connectivity index (χ4v) is 5.09. The van der Waals surface area contributed by atoms with Gasteiger partial charge in [0.05, 0.1) is 18.0 Å². The third kappa shape index (κ3) is 3.64. The summed E-state index contributed by atoms with van der Waals surface area (Å²) >= 11 is 0.